The van der Waals surface area contributed by atoms with Crippen molar-refractivity contribution in [2.24, 2.45) is 5.92 Å². The minimum atomic E-state index is 0.00685. The van der Waals surface area contributed by atoms with Gasteiger partial charge < -0.3 is 19.2 Å². The molecule has 2 heterocycles. The van der Waals surface area contributed by atoms with E-state index in [1.54, 1.807) is 6.26 Å². The standard InChI is InChI=1S/C20H23NO4/c1-3-23-18-8-13-7-12(2)25-19(13)9-14(18)11-21-20(22)16-10-15(16)17-5-4-6-24-17/h4-6,8-9,12,15-16H,3,7,10-11H2,1-2H3,(H,21,22). The first-order valence-electron chi connectivity index (χ1n) is 8.92. The quantitative estimate of drug-likeness (QED) is 0.874. The van der Waals surface area contributed by atoms with Gasteiger partial charge in [-0.05, 0) is 44.5 Å². The lowest BCUT2D eigenvalue weighted by atomic mass is 10.1. The van der Waals surface area contributed by atoms with Crippen LogP contribution in [0.1, 0.15) is 43.1 Å². The van der Waals surface area contributed by atoms with Crippen LogP contribution in [0.15, 0.2) is 34.9 Å². The van der Waals surface area contributed by atoms with Crippen LogP contribution in [0.25, 0.3) is 0 Å². The van der Waals surface area contributed by atoms with Crippen molar-refractivity contribution in [3.63, 3.8) is 0 Å². The van der Waals surface area contributed by atoms with Gasteiger partial charge in [-0.2, -0.15) is 0 Å². The molecule has 0 saturated heterocycles. The summed E-state index contributed by atoms with van der Waals surface area (Å²) in [5.74, 6) is 2.92. The molecular formula is C20H23NO4. The Morgan fingerprint density at radius 2 is 2.28 bits per heavy atom. The van der Waals surface area contributed by atoms with Gasteiger partial charge in [0.25, 0.3) is 0 Å². The van der Waals surface area contributed by atoms with E-state index in [0.717, 1.165) is 35.7 Å². The molecule has 2 aliphatic rings. The van der Waals surface area contributed by atoms with E-state index in [2.05, 4.69) is 12.2 Å². The monoisotopic (exact) mass is 341 g/mol. The van der Waals surface area contributed by atoms with Crippen molar-refractivity contribution < 1.29 is 18.7 Å². The number of furan rings is 1. The Balaban J connectivity index is 1.42. The summed E-state index contributed by atoms with van der Waals surface area (Å²) in [4.78, 5) is 12.4. The smallest absolute Gasteiger partial charge is 0.224 e. The van der Waals surface area contributed by atoms with E-state index >= 15 is 0 Å². The van der Waals surface area contributed by atoms with Crippen molar-refractivity contribution in [1.82, 2.24) is 5.32 Å². The second-order valence-corrected chi connectivity index (χ2v) is 6.82. The van der Waals surface area contributed by atoms with Crippen LogP contribution in [0.3, 0.4) is 0 Å². The summed E-state index contributed by atoms with van der Waals surface area (Å²) in [5.41, 5.74) is 2.13. The first-order chi connectivity index (χ1) is 12.2. The third kappa shape index (κ3) is 3.23. The molecule has 25 heavy (non-hydrogen) atoms. The highest BCUT2D eigenvalue weighted by atomic mass is 16.5. The molecule has 5 heteroatoms. The molecule has 1 fully saturated rings. The number of carbonyl (C=O) groups excluding carboxylic acids is 1. The van der Waals surface area contributed by atoms with E-state index in [1.807, 2.05) is 31.2 Å². The van der Waals surface area contributed by atoms with Crippen LogP contribution >= 0.6 is 0 Å². The van der Waals surface area contributed by atoms with Crippen LogP contribution < -0.4 is 14.8 Å². The van der Waals surface area contributed by atoms with E-state index in [0.29, 0.717) is 13.2 Å². The van der Waals surface area contributed by atoms with E-state index in [-0.39, 0.29) is 23.8 Å². The molecule has 0 radical (unpaired) electrons. The first-order valence-corrected chi connectivity index (χ1v) is 8.92. The van der Waals surface area contributed by atoms with Crippen molar-refractivity contribution in [2.75, 3.05) is 6.61 Å². The highest BCUT2D eigenvalue weighted by Crippen LogP contribution is 2.47. The van der Waals surface area contributed by atoms with E-state index in [9.17, 15) is 4.79 Å². The predicted octanol–water partition coefficient (Wildman–Crippen LogP) is 3.42. The lowest BCUT2D eigenvalue weighted by Gasteiger charge is -2.13. The molecule has 132 valence electrons. The molecule has 4 rings (SSSR count). The minimum absolute atomic E-state index is 0.00685. The van der Waals surface area contributed by atoms with Crippen molar-refractivity contribution in [2.45, 2.75) is 45.3 Å². The summed E-state index contributed by atoms with van der Waals surface area (Å²) >= 11 is 0. The zero-order valence-corrected chi connectivity index (χ0v) is 14.6. The third-order valence-electron chi connectivity index (χ3n) is 4.87. The number of benzene rings is 1. The largest absolute Gasteiger partial charge is 0.494 e. The third-order valence-corrected chi connectivity index (χ3v) is 4.87. The average Bonchev–Trinajstić information content (AvgIpc) is 3.03. The van der Waals surface area contributed by atoms with Crippen molar-refractivity contribution in [3.05, 3.63) is 47.4 Å². The number of amides is 1. The van der Waals surface area contributed by atoms with Gasteiger partial charge in [0.1, 0.15) is 23.4 Å². The number of nitrogens with one attached hydrogen (secondary N) is 1. The van der Waals surface area contributed by atoms with Crippen molar-refractivity contribution >= 4 is 5.91 Å². The van der Waals surface area contributed by atoms with Gasteiger partial charge in [-0.1, -0.05) is 0 Å². The predicted molar refractivity (Wildman–Crippen MR) is 92.8 cm³/mol. The average molecular weight is 341 g/mol. The van der Waals surface area contributed by atoms with Crippen LogP contribution in [0, 0.1) is 5.92 Å². The molecule has 1 aromatic carbocycles. The lowest BCUT2D eigenvalue weighted by molar-refractivity contribution is -0.122. The molecule has 1 amide bonds. The molecule has 1 saturated carbocycles. The summed E-state index contributed by atoms with van der Waals surface area (Å²) < 4.78 is 17.0. The Hall–Kier alpha value is -2.43. The second kappa shape index (κ2) is 6.47. The van der Waals surface area contributed by atoms with E-state index < -0.39 is 0 Å². The molecule has 1 N–H and O–H groups in total. The van der Waals surface area contributed by atoms with Gasteiger partial charge in [0.15, 0.2) is 0 Å². The lowest BCUT2D eigenvalue weighted by Crippen LogP contribution is -2.25. The number of hydrogen-bond acceptors (Lipinski definition) is 4. The fourth-order valence-electron chi connectivity index (χ4n) is 3.52. The van der Waals surface area contributed by atoms with E-state index in [4.69, 9.17) is 13.9 Å². The molecule has 1 aliphatic heterocycles. The Labute approximate surface area is 147 Å². The molecule has 5 nitrogen and oxygen atoms in total. The van der Waals surface area contributed by atoms with Crippen LogP contribution in [-0.4, -0.2) is 18.6 Å². The summed E-state index contributed by atoms with van der Waals surface area (Å²) in [6, 6.07) is 7.85. The summed E-state index contributed by atoms with van der Waals surface area (Å²) in [5, 5.41) is 3.04. The zero-order chi connectivity index (χ0) is 17.4. The Morgan fingerprint density at radius 1 is 1.40 bits per heavy atom. The Morgan fingerprint density at radius 3 is 3.04 bits per heavy atom. The maximum Gasteiger partial charge on any atom is 0.224 e. The van der Waals surface area contributed by atoms with Crippen LogP contribution in [-0.2, 0) is 17.8 Å². The van der Waals surface area contributed by atoms with E-state index in [1.165, 1.54) is 5.56 Å². The summed E-state index contributed by atoms with van der Waals surface area (Å²) in [6.07, 6.45) is 3.59. The van der Waals surface area contributed by atoms with Gasteiger partial charge in [-0.25, -0.2) is 0 Å². The normalized spacial score (nSPS) is 23.7. The number of hydrogen-bond donors (Lipinski definition) is 1. The van der Waals surface area contributed by atoms with Crippen molar-refractivity contribution in [1.29, 1.82) is 0 Å². The van der Waals surface area contributed by atoms with Gasteiger partial charge in [-0.3, -0.25) is 4.79 Å². The summed E-state index contributed by atoms with van der Waals surface area (Å²) in [6.45, 7) is 5.07. The van der Waals surface area contributed by atoms with Gasteiger partial charge in [0, 0.05) is 35.9 Å². The minimum Gasteiger partial charge on any atom is -0.494 e. The molecule has 0 bridgehead atoms. The molecule has 1 aliphatic carbocycles. The van der Waals surface area contributed by atoms with Crippen LogP contribution in [0.2, 0.25) is 0 Å². The maximum atomic E-state index is 12.4. The molecule has 1 aromatic heterocycles. The number of ether oxygens (including phenoxy) is 2. The molecule has 2 aromatic rings. The number of fused-ring (bicyclic) bond motifs is 1. The topological polar surface area (TPSA) is 60.7 Å². The fraction of sp³-hybridized carbons (Fsp3) is 0.450. The highest BCUT2D eigenvalue weighted by Gasteiger charge is 2.45. The van der Waals surface area contributed by atoms with Crippen LogP contribution in [0.5, 0.6) is 11.5 Å². The number of rotatable bonds is 6. The SMILES string of the molecule is CCOc1cc2c(cc1CNC(=O)C1CC1c1ccco1)OC(C)C2. The molecular weight excluding hydrogens is 318 g/mol. The first kappa shape index (κ1) is 16.1. The molecule has 3 unspecified atom stereocenters. The Kier molecular flexibility index (Phi) is 4.15. The van der Waals surface area contributed by atoms with Gasteiger partial charge in [0.05, 0.1) is 12.9 Å². The zero-order valence-electron chi connectivity index (χ0n) is 14.6. The van der Waals surface area contributed by atoms with Gasteiger partial charge in [0.2, 0.25) is 5.91 Å². The van der Waals surface area contributed by atoms with Crippen LogP contribution in [0.4, 0.5) is 0 Å². The maximum absolute atomic E-state index is 12.4. The van der Waals surface area contributed by atoms with Gasteiger partial charge in [-0.15, -0.1) is 0 Å². The van der Waals surface area contributed by atoms with Crippen molar-refractivity contribution in [3.8, 4) is 11.5 Å². The summed E-state index contributed by atoms with van der Waals surface area (Å²) in [7, 11) is 0. The highest BCUT2D eigenvalue weighted by molar-refractivity contribution is 5.82. The Bertz CT molecular complexity index is 768. The second-order valence-electron chi connectivity index (χ2n) is 6.82. The number of carbonyl (C=O) groups is 1. The molecule has 0 spiro atoms. The van der Waals surface area contributed by atoms with Gasteiger partial charge >= 0.3 is 0 Å². The fourth-order valence-corrected chi connectivity index (χ4v) is 3.52. The molecule has 3 atom stereocenters.